The maximum atomic E-state index is 5.76. The van der Waals surface area contributed by atoms with Gasteiger partial charge in [-0.3, -0.25) is 0 Å². The lowest BCUT2D eigenvalue weighted by molar-refractivity contribution is 0.466. The number of hydrogen-bond acceptors (Lipinski definition) is 2. The number of furan rings is 1. The Bertz CT molecular complexity index is 400. The fraction of sp³-hybridized carbons (Fsp3) is 0.385. The van der Waals surface area contributed by atoms with E-state index in [-0.39, 0.29) is 0 Å². The zero-order valence-corrected chi connectivity index (χ0v) is 9.29. The summed E-state index contributed by atoms with van der Waals surface area (Å²) in [5, 5.41) is 4.38. The van der Waals surface area contributed by atoms with E-state index in [1.54, 1.807) is 0 Å². The molecule has 80 valence electrons. The summed E-state index contributed by atoms with van der Waals surface area (Å²) in [6.07, 6.45) is 0.996. The predicted octanol–water partition coefficient (Wildman–Crippen LogP) is 2.83. The fourth-order valence-electron chi connectivity index (χ4n) is 1.90. The van der Waals surface area contributed by atoms with Gasteiger partial charge in [0.2, 0.25) is 0 Å². The van der Waals surface area contributed by atoms with Crippen LogP contribution in [0.2, 0.25) is 0 Å². The van der Waals surface area contributed by atoms with Crippen molar-refractivity contribution in [1.29, 1.82) is 0 Å². The Morgan fingerprint density at radius 1 is 1.33 bits per heavy atom. The van der Waals surface area contributed by atoms with E-state index in [2.05, 4.69) is 24.4 Å². The molecule has 0 fully saturated rings. The van der Waals surface area contributed by atoms with E-state index in [4.69, 9.17) is 4.42 Å². The third-order valence-electron chi connectivity index (χ3n) is 2.58. The van der Waals surface area contributed by atoms with Crippen molar-refractivity contribution in [1.82, 2.24) is 5.32 Å². The molecule has 1 atom stereocenters. The van der Waals surface area contributed by atoms with Crippen molar-refractivity contribution in [3.8, 4) is 0 Å². The van der Waals surface area contributed by atoms with E-state index in [0.29, 0.717) is 5.92 Å². The third kappa shape index (κ3) is 2.39. The van der Waals surface area contributed by atoms with Crippen molar-refractivity contribution in [3.05, 3.63) is 36.1 Å². The van der Waals surface area contributed by atoms with Gasteiger partial charge in [-0.25, -0.2) is 0 Å². The van der Waals surface area contributed by atoms with Crippen LogP contribution in [0.25, 0.3) is 11.0 Å². The highest BCUT2D eigenvalue weighted by molar-refractivity contribution is 5.77. The Morgan fingerprint density at radius 2 is 2.13 bits per heavy atom. The topological polar surface area (TPSA) is 25.2 Å². The zero-order chi connectivity index (χ0) is 10.7. The molecule has 0 radical (unpaired) electrons. The molecule has 1 aromatic carbocycles. The smallest absolute Gasteiger partial charge is 0.134 e. The first kappa shape index (κ1) is 10.2. The highest BCUT2D eigenvalue weighted by atomic mass is 16.3. The lowest BCUT2D eigenvalue weighted by Crippen LogP contribution is -2.17. The molecule has 0 saturated heterocycles. The minimum absolute atomic E-state index is 0.607. The number of hydrogen-bond donors (Lipinski definition) is 1. The lowest BCUT2D eigenvalue weighted by Gasteiger charge is -2.07. The molecule has 2 nitrogen and oxygen atoms in total. The minimum atomic E-state index is 0.607. The summed E-state index contributed by atoms with van der Waals surface area (Å²) in [5.41, 5.74) is 0.990. The summed E-state index contributed by atoms with van der Waals surface area (Å²) in [4.78, 5) is 0. The molecule has 0 spiro atoms. The molecule has 1 unspecified atom stereocenters. The molecule has 0 aliphatic heterocycles. The second-order valence-corrected chi connectivity index (χ2v) is 4.12. The van der Waals surface area contributed by atoms with Crippen LogP contribution < -0.4 is 5.32 Å². The summed E-state index contributed by atoms with van der Waals surface area (Å²) >= 11 is 0. The lowest BCUT2D eigenvalue weighted by atomic mass is 10.1. The average Bonchev–Trinajstić information content (AvgIpc) is 2.59. The monoisotopic (exact) mass is 203 g/mol. The number of rotatable bonds is 4. The number of para-hydroxylation sites is 1. The van der Waals surface area contributed by atoms with Crippen LogP contribution in [0.1, 0.15) is 12.7 Å². The molecule has 1 heterocycles. The van der Waals surface area contributed by atoms with Gasteiger partial charge in [-0.15, -0.1) is 0 Å². The van der Waals surface area contributed by atoms with E-state index in [1.165, 1.54) is 5.39 Å². The molecule has 0 aliphatic carbocycles. The molecular formula is C13H17NO. The van der Waals surface area contributed by atoms with E-state index in [0.717, 1.165) is 24.3 Å². The first-order valence-electron chi connectivity index (χ1n) is 5.41. The molecule has 2 heteroatoms. The van der Waals surface area contributed by atoms with Crippen LogP contribution in [0.15, 0.2) is 34.7 Å². The summed E-state index contributed by atoms with van der Waals surface area (Å²) in [6, 6.07) is 10.3. The molecule has 2 rings (SSSR count). The molecule has 0 amide bonds. The normalized spacial score (nSPS) is 13.2. The van der Waals surface area contributed by atoms with Crippen LogP contribution in [0.5, 0.6) is 0 Å². The molecule has 15 heavy (non-hydrogen) atoms. The zero-order valence-electron chi connectivity index (χ0n) is 9.29. The highest BCUT2D eigenvalue weighted by Gasteiger charge is 2.07. The van der Waals surface area contributed by atoms with Crippen LogP contribution in [0.3, 0.4) is 0 Å². The van der Waals surface area contributed by atoms with Crippen molar-refractivity contribution < 1.29 is 4.42 Å². The van der Waals surface area contributed by atoms with Crippen LogP contribution in [-0.2, 0) is 6.42 Å². The molecule has 1 N–H and O–H groups in total. The van der Waals surface area contributed by atoms with Gasteiger partial charge in [0.1, 0.15) is 11.3 Å². The van der Waals surface area contributed by atoms with Crippen molar-refractivity contribution in [2.45, 2.75) is 13.3 Å². The van der Waals surface area contributed by atoms with Crippen LogP contribution >= 0.6 is 0 Å². The van der Waals surface area contributed by atoms with Crippen LogP contribution in [0, 0.1) is 5.92 Å². The second-order valence-electron chi connectivity index (χ2n) is 4.12. The van der Waals surface area contributed by atoms with Gasteiger partial charge in [0.25, 0.3) is 0 Å². The quantitative estimate of drug-likeness (QED) is 0.826. The summed E-state index contributed by atoms with van der Waals surface area (Å²) in [7, 11) is 1.98. The molecular weight excluding hydrogens is 186 g/mol. The SMILES string of the molecule is CNCC(C)Cc1cc2ccccc2o1. The van der Waals surface area contributed by atoms with Crippen molar-refractivity contribution in [2.24, 2.45) is 5.92 Å². The number of nitrogens with one attached hydrogen (secondary N) is 1. The molecule has 0 bridgehead atoms. The molecule has 1 aromatic heterocycles. The minimum Gasteiger partial charge on any atom is -0.461 e. The molecule has 2 aromatic rings. The van der Waals surface area contributed by atoms with Crippen LogP contribution in [-0.4, -0.2) is 13.6 Å². The Labute approximate surface area is 90.3 Å². The maximum Gasteiger partial charge on any atom is 0.134 e. The van der Waals surface area contributed by atoms with Gasteiger partial charge in [-0.05, 0) is 31.6 Å². The van der Waals surface area contributed by atoms with Gasteiger partial charge in [-0.2, -0.15) is 0 Å². The Kier molecular flexibility index (Phi) is 3.07. The van der Waals surface area contributed by atoms with Crippen molar-refractivity contribution >= 4 is 11.0 Å². The van der Waals surface area contributed by atoms with Crippen molar-refractivity contribution in [2.75, 3.05) is 13.6 Å². The summed E-state index contributed by atoms with van der Waals surface area (Å²) < 4.78 is 5.76. The van der Waals surface area contributed by atoms with Gasteiger partial charge < -0.3 is 9.73 Å². The van der Waals surface area contributed by atoms with Gasteiger partial charge in [-0.1, -0.05) is 25.1 Å². The van der Waals surface area contributed by atoms with E-state index in [9.17, 15) is 0 Å². The Balaban J connectivity index is 2.15. The van der Waals surface area contributed by atoms with Crippen LogP contribution in [0.4, 0.5) is 0 Å². The van der Waals surface area contributed by atoms with E-state index >= 15 is 0 Å². The molecule has 0 saturated carbocycles. The number of fused-ring (bicyclic) bond motifs is 1. The van der Waals surface area contributed by atoms with Gasteiger partial charge in [0.05, 0.1) is 0 Å². The first-order valence-corrected chi connectivity index (χ1v) is 5.41. The Hall–Kier alpha value is -1.28. The maximum absolute atomic E-state index is 5.76. The predicted molar refractivity (Wildman–Crippen MR) is 63.0 cm³/mol. The Morgan fingerprint density at radius 3 is 2.87 bits per heavy atom. The standard InChI is InChI=1S/C13H17NO/c1-10(9-14-2)7-12-8-11-5-3-4-6-13(11)15-12/h3-6,8,10,14H,7,9H2,1-2H3. The third-order valence-corrected chi connectivity index (χ3v) is 2.58. The van der Waals surface area contributed by atoms with Crippen molar-refractivity contribution in [3.63, 3.8) is 0 Å². The second kappa shape index (κ2) is 4.49. The highest BCUT2D eigenvalue weighted by Crippen LogP contribution is 2.20. The van der Waals surface area contributed by atoms with Gasteiger partial charge in [0, 0.05) is 11.8 Å². The van der Waals surface area contributed by atoms with Gasteiger partial charge in [0.15, 0.2) is 0 Å². The largest absolute Gasteiger partial charge is 0.461 e. The van der Waals surface area contributed by atoms with Gasteiger partial charge >= 0.3 is 0 Å². The average molecular weight is 203 g/mol. The number of benzene rings is 1. The first-order chi connectivity index (χ1) is 7.29. The van der Waals surface area contributed by atoms with E-state index in [1.807, 2.05) is 25.2 Å². The fourth-order valence-corrected chi connectivity index (χ4v) is 1.90. The summed E-state index contributed by atoms with van der Waals surface area (Å²) in [6.45, 7) is 3.25. The molecule has 0 aliphatic rings. The van der Waals surface area contributed by atoms with E-state index < -0.39 is 0 Å². The summed E-state index contributed by atoms with van der Waals surface area (Å²) in [5.74, 6) is 1.69.